The molecule has 0 spiro atoms. The summed E-state index contributed by atoms with van der Waals surface area (Å²) in [4.78, 5) is 38.9. The van der Waals surface area contributed by atoms with E-state index >= 15 is 0 Å². The number of hydrogen-bond acceptors (Lipinski definition) is 4. The summed E-state index contributed by atoms with van der Waals surface area (Å²) < 4.78 is 2.70. The van der Waals surface area contributed by atoms with E-state index in [-0.39, 0.29) is 23.1 Å². The van der Waals surface area contributed by atoms with Crippen LogP contribution in [-0.2, 0) is 18.4 Å². The van der Waals surface area contributed by atoms with Crippen molar-refractivity contribution in [3.8, 4) is 0 Å². The highest BCUT2D eigenvalue weighted by molar-refractivity contribution is 6.30. The maximum absolute atomic E-state index is 12.5. The quantitative estimate of drug-likeness (QED) is 0.867. The van der Waals surface area contributed by atoms with Gasteiger partial charge in [0.2, 0.25) is 5.91 Å². The molecular weight excluding hydrogens is 368 g/mol. The summed E-state index contributed by atoms with van der Waals surface area (Å²) in [5.74, 6) is 0.474. The molecule has 1 fully saturated rings. The van der Waals surface area contributed by atoms with Crippen LogP contribution in [0.5, 0.6) is 0 Å². The smallest absolute Gasteiger partial charge is 0.332 e. The Kier molecular flexibility index (Phi) is 5.70. The van der Waals surface area contributed by atoms with Gasteiger partial charge in [-0.25, -0.2) is 4.79 Å². The molecule has 7 nitrogen and oxygen atoms in total. The van der Waals surface area contributed by atoms with Crippen molar-refractivity contribution in [3.63, 3.8) is 0 Å². The van der Waals surface area contributed by atoms with E-state index in [0.29, 0.717) is 49.0 Å². The molecule has 0 unspecified atom stereocenters. The van der Waals surface area contributed by atoms with Gasteiger partial charge in [-0.1, -0.05) is 17.7 Å². The average Bonchev–Trinajstić information content (AvgIpc) is 2.66. The lowest BCUT2D eigenvalue weighted by Gasteiger charge is -2.34. The summed E-state index contributed by atoms with van der Waals surface area (Å²) in [5, 5.41) is 3.48. The first kappa shape index (κ1) is 19.2. The number of nitrogens with zero attached hydrogens (tertiary/aromatic N) is 3. The van der Waals surface area contributed by atoms with Gasteiger partial charge in [0.05, 0.1) is 0 Å². The Hall–Kier alpha value is -2.54. The molecule has 144 valence electrons. The fourth-order valence-electron chi connectivity index (χ4n) is 3.40. The van der Waals surface area contributed by atoms with Gasteiger partial charge in [0.25, 0.3) is 5.56 Å². The normalized spacial score (nSPS) is 15.0. The summed E-state index contributed by atoms with van der Waals surface area (Å²) in [6, 6.07) is 8.57. The molecule has 1 amide bonds. The Morgan fingerprint density at radius 2 is 1.93 bits per heavy atom. The number of piperidine rings is 1. The van der Waals surface area contributed by atoms with Gasteiger partial charge in [-0.15, -0.1) is 0 Å². The van der Waals surface area contributed by atoms with Crippen LogP contribution in [0.2, 0.25) is 5.02 Å². The van der Waals surface area contributed by atoms with Gasteiger partial charge in [0.15, 0.2) is 0 Å². The molecule has 0 saturated carbocycles. The van der Waals surface area contributed by atoms with Crippen molar-refractivity contribution in [1.29, 1.82) is 0 Å². The Labute approximate surface area is 162 Å². The van der Waals surface area contributed by atoms with Crippen molar-refractivity contribution in [2.24, 2.45) is 13.0 Å². The lowest BCUT2D eigenvalue weighted by atomic mass is 9.95. The van der Waals surface area contributed by atoms with Gasteiger partial charge in [-0.2, -0.15) is 0 Å². The van der Waals surface area contributed by atoms with Gasteiger partial charge in [0, 0.05) is 49.4 Å². The molecule has 1 aromatic heterocycles. The maximum Gasteiger partial charge on any atom is 0.332 e. The lowest BCUT2D eigenvalue weighted by molar-refractivity contribution is -0.120. The Bertz CT molecular complexity index is 958. The van der Waals surface area contributed by atoms with Crippen LogP contribution in [0.3, 0.4) is 0 Å². The molecule has 27 heavy (non-hydrogen) atoms. The van der Waals surface area contributed by atoms with Crippen molar-refractivity contribution in [1.82, 2.24) is 9.13 Å². The number of halogens is 1. The highest BCUT2D eigenvalue weighted by Crippen LogP contribution is 2.24. The maximum atomic E-state index is 12.5. The monoisotopic (exact) mass is 390 g/mol. The van der Waals surface area contributed by atoms with E-state index in [0.717, 1.165) is 4.57 Å². The summed E-state index contributed by atoms with van der Waals surface area (Å²) in [7, 11) is 1.48. The minimum atomic E-state index is -0.319. The van der Waals surface area contributed by atoms with E-state index in [2.05, 4.69) is 5.32 Å². The third kappa shape index (κ3) is 4.08. The Balaban J connectivity index is 1.70. The average molecular weight is 391 g/mol. The topological polar surface area (TPSA) is 76.3 Å². The number of carbonyl (C=O) groups is 1. The summed E-state index contributed by atoms with van der Waals surface area (Å²) in [5.41, 5.74) is 0.0441. The van der Waals surface area contributed by atoms with E-state index in [4.69, 9.17) is 11.6 Å². The van der Waals surface area contributed by atoms with Crippen LogP contribution in [-0.4, -0.2) is 28.1 Å². The predicted molar refractivity (Wildman–Crippen MR) is 107 cm³/mol. The van der Waals surface area contributed by atoms with Gasteiger partial charge in [0.1, 0.15) is 5.82 Å². The molecule has 0 aliphatic carbocycles. The molecule has 1 aromatic carbocycles. The fraction of sp³-hybridized carbons (Fsp3) is 0.421. The van der Waals surface area contributed by atoms with Crippen LogP contribution in [0.4, 0.5) is 11.5 Å². The van der Waals surface area contributed by atoms with Crippen molar-refractivity contribution < 1.29 is 4.79 Å². The number of anilines is 2. The summed E-state index contributed by atoms with van der Waals surface area (Å²) in [6.07, 6.45) is 1.30. The first-order valence-corrected chi connectivity index (χ1v) is 9.40. The first-order chi connectivity index (χ1) is 12.9. The molecule has 0 atom stereocenters. The van der Waals surface area contributed by atoms with E-state index in [1.165, 1.54) is 13.1 Å². The van der Waals surface area contributed by atoms with Gasteiger partial charge >= 0.3 is 5.69 Å². The largest absolute Gasteiger partial charge is 0.358 e. The summed E-state index contributed by atoms with van der Waals surface area (Å²) in [6.45, 7) is 3.58. The predicted octanol–water partition coefficient (Wildman–Crippen LogP) is 2.08. The molecular formula is C19H23ClN4O3. The fourth-order valence-corrected chi connectivity index (χ4v) is 3.59. The minimum absolute atomic E-state index is 0.0335. The van der Waals surface area contributed by atoms with E-state index in [1.807, 2.05) is 11.8 Å². The zero-order valence-electron chi connectivity index (χ0n) is 15.4. The van der Waals surface area contributed by atoms with Crippen LogP contribution in [0.25, 0.3) is 0 Å². The van der Waals surface area contributed by atoms with E-state index < -0.39 is 0 Å². The van der Waals surface area contributed by atoms with Crippen molar-refractivity contribution >= 4 is 29.0 Å². The zero-order chi connectivity index (χ0) is 19.6. The highest BCUT2D eigenvalue weighted by Gasteiger charge is 2.27. The zero-order valence-corrected chi connectivity index (χ0v) is 16.2. The van der Waals surface area contributed by atoms with E-state index in [9.17, 15) is 14.4 Å². The molecule has 1 aliphatic heterocycles. The molecule has 0 bridgehead atoms. The van der Waals surface area contributed by atoms with Gasteiger partial charge < -0.3 is 10.2 Å². The molecule has 0 radical (unpaired) electrons. The van der Waals surface area contributed by atoms with E-state index in [1.54, 1.807) is 28.8 Å². The molecule has 2 heterocycles. The number of benzene rings is 1. The standard InChI is InChI=1S/C19H23ClN4O3/c1-3-24-16(12-17(25)22(2)19(24)27)23-9-7-13(8-10-23)18(26)21-15-6-4-5-14(20)11-15/h4-6,11-13H,3,7-10H2,1-2H3,(H,21,26). The second-order valence-electron chi connectivity index (χ2n) is 6.69. The molecule has 2 aromatic rings. The Morgan fingerprint density at radius 1 is 1.22 bits per heavy atom. The second-order valence-corrected chi connectivity index (χ2v) is 7.12. The number of aromatic nitrogens is 2. The van der Waals surface area contributed by atoms with Crippen molar-refractivity contribution in [3.05, 3.63) is 56.2 Å². The first-order valence-electron chi connectivity index (χ1n) is 9.03. The van der Waals surface area contributed by atoms with Crippen LogP contribution in [0.1, 0.15) is 19.8 Å². The highest BCUT2D eigenvalue weighted by atomic mass is 35.5. The van der Waals surface area contributed by atoms with Crippen LogP contribution in [0, 0.1) is 5.92 Å². The van der Waals surface area contributed by atoms with Gasteiger partial charge in [-0.3, -0.25) is 18.7 Å². The lowest BCUT2D eigenvalue weighted by Crippen LogP contribution is -2.44. The molecule has 3 rings (SSSR count). The second kappa shape index (κ2) is 8.00. The number of nitrogens with one attached hydrogen (secondary N) is 1. The molecule has 8 heteroatoms. The Morgan fingerprint density at radius 3 is 2.56 bits per heavy atom. The number of carbonyl (C=O) groups excluding carboxylic acids is 1. The number of hydrogen-bond donors (Lipinski definition) is 1. The summed E-state index contributed by atoms with van der Waals surface area (Å²) >= 11 is 5.95. The van der Waals surface area contributed by atoms with Crippen LogP contribution >= 0.6 is 11.6 Å². The van der Waals surface area contributed by atoms with Crippen molar-refractivity contribution in [2.75, 3.05) is 23.3 Å². The SMILES string of the molecule is CCn1c(N2CCC(C(=O)Nc3cccc(Cl)c3)CC2)cc(=O)n(C)c1=O. The third-order valence-electron chi connectivity index (χ3n) is 4.98. The van der Waals surface area contributed by atoms with Crippen LogP contribution in [0.15, 0.2) is 39.9 Å². The van der Waals surface area contributed by atoms with Crippen molar-refractivity contribution in [2.45, 2.75) is 26.3 Å². The van der Waals surface area contributed by atoms with Gasteiger partial charge in [-0.05, 0) is 38.0 Å². The minimum Gasteiger partial charge on any atom is -0.358 e. The van der Waals surface area contributed by atoms with Crippen LogP contribution < -0.4 is 21.5 Å². The number of rotatable bonds is 4. The number of amides is 1. The molecule has 1 N–H and O–H groups in total. The molecule has 1 saturated heterocycles. The molecule has 1 aliphatic rings. The third-order valence-corrected chi connectivity index (χ3v) is 5.21.